The fourth-order valence-electron chi connectivity index (χ4n) is 2.50. The maximum atomic E-state index is 12.8. The van der Waals surface area contributed by atoms with E-state index in [9.17, 15) is 18.0 Å². The van der Waals surface area contributed by atoms with Crippen molar-refractivity contribution in [3.05, 3.63) is 64.0 Å². The quantitative estimate of drug-likeness (QED) is 0.561. The van der Waals surface area contributed by atoms with Crippen LogP contribution in [0.1, 0.15) is 23.4 Å². The molecule has 3 rings (SSSR count). The van der Waals surface area contributed by atoms with E-state index in [2.05, 4.69) is 31.4 Å². The maximum absolute atomic E-state index is 12.8. The topological polar surface area (TPSA) is 68.0 Å². The first-order valence-corrected chi connectivity index (χ1v) is 9.08. The number of hydrogen-bond acceptors (Lipinski definition) is 4. The largest absolute Gasteiger partial charge is 0.421 e. The van der Waals surface area contributed by atoms with Crippen molar-refractivity contribution < 1.29 is 22.4 Å². The number of aryl methyl sites for hydroxylation is 2. The third kappa shape index (κ3) is 4.98. The summed E-state index contributed by atoms with van der Waals surface area (Å²) in [6, 6.07) is 10.1. The molecule has 3 aromatic rings. The van der Waals surface area contributed by atoms with Gasteiger partial charge in [0, 0.05) is 28.6 Å². The molecule has 0 saturated carbocycles. The second kappa shape index (κ2) is 8.14. The van der Waals surface area contributed by atoms with Crippen molar-refractivity contribution in [3.8, 4) is 11.5 Å². The van der Waals surface area contributed by atoms with Crippen LogP contribution < -0.4 is 5.32 Å². The lowest BCUT2D eigenvalue weighted by Crippen LogP contribution is -2.13. The Bertz CT molecular complexity index is 1000. The van der Waals surface area contributed by atoms with Crippen LogP contribution in [-0.4, -0.2) is 16.1 Å². The predicted octanol–water partition coefficient (Wildman–Crippen LogP) is 5.40. The Hall–Kier alpha value is -2.68. The van der Waals surface area contributed by atoms with Gasteiger partial charge in [-0.15, -0.1) is 10.2 Å². The summed E-state index contributed by atoms with van der Waals surface area (Å²) in [5.74, 6) is -0.0791. The lowest BCUT2D eigenvalue weighted by Gasteiger charge is -2.08. The van der Waals surface area contributed by atoms with Crippen molar-refractivity contribution >= 4 is 27.5 Å². The smallest absolute Gasteiger partial charge is 0.416 e. The zero-order valence-corrected chi connectivity index (χ0v) is 16.3. The fraction of sp³-hybridized carbons (Fsp3) is 0.211. The van der Waals surface area contributed by atoms with Crippen LogP contribution in [0.2, 0.25) is 0 Å². The summed E-state index contributed by atoms with van der Waals surface area (Å²) < 4.78 is 44.8. The molecule has 0 spiro atoms. The van der Waals surface area contributed by atoms with Crippen molar-refractivity contribution in [2.45, 2.75) is 25.9 Å². The van der Waals surface area contributed by atoms with Crippen LogP contribution in [0.25, 0.3) is 11.5 Å². The van der Waals surface area contributed by atoms with Gasteiger partial charge in [0.05, 0.1) is 5.56 Å². The van der Waals surface area contributed by atoms with E-state index >= 15 is 0 Å². The van der Waals surface area contributed by atoms with Gasteiger partial charge in [0.2, 0.25) is 17.7 Å². The van der Waals surface area contributed by atoms with E-state index in [1.807, 2.05) is 19.1 Å². The molecule has 1 heterocycles. The maximum Gasteiger partial charge on any atom is 0.416 e. The Morgan fingerprint density at radius 2 is 1.96 bits per heavy atom. The predicted molar refractivity (Wildman–Crippen MR) is 101 cm³/mol. The number of carbonyl (C=O) groups excluding carboxylic acids is 1. The van der Waals surface area contributed by atoms with Crippen molar-refractivity contribution in [1.29, 1.82) is 0 Å². The molecule has 1 amide bonds. The van der Waals surface area contributed by atoms with Gasteiger partial charge in [0.15, 0.2) is 0 Å². The molecule has 5 nitrogen and oxygen atoms in total. The van der Waals surface area contributed by atoms with E-state index in [1.54, 1.807) is 6.07 Å². The van der Waals surface area contributed by atoms with Crippen LogP contribution in [0.5, 0.6) is 0 Å². The molecule has 0 bridgehead atoms. The molecule has 146 valence electrons. The number of halogens is 4. The molecule has 1 N–H and O–H groups in total. The van der Waals surface area contributed by atoms with Gasteiger partial charge < -0.3 is 9.73 Å². The van der Waals surface area contributed by atoms with Crippen LogP contribution in [0.3, 0.4) is 0 Å². The second-order valence-corrected chi connectivity index (χ2v) is 7.00. The number of hydrogen-bond donors (Lipinski definition) is 1. The number of alkyl halides is 3. The highest BCUT2D eigenvalue weighted by Crippen LogP contribution is 2.31. The number of anilines is 1. The molecule has 9 heteroatoms. The first kappa shape index (κ1) is 20.1. The Balaban J connectivity index is 1.63. The zero-order valence-electron chi connectivity index (χ0n) is 14.7. The molecule has 0 atom stereocenters. The zero-order chi connectivity index (χ0) is 20.3. The van der Waals surface area contributed by atoms with Gasteiger partial charge in [-0.1, -0.05) is 22.0 Å². The highest BCUT2D eigenvalue weighted by molar-refractivity contribution is 9.10. The van der Waals surface area contributed by atoms with E-state index < -0.39 is 11.7 Å². The van der Waals surface area contributed by atoms with E-state index in [1.165, 1.54) is 12.1 Å². The van der Waals surface area contributed by atoms with Gasteiger partial charge in [-0.05, 0) is 48.9 Å². The summed E-state index contributed by atoms with van der Waals surface area (Å²) >= 11 is 3.36. The average molecular weight is 454 g/mol. The van der Waals surface area contributed by atoms with Crippen molar-refractivity contribution in [3.63, 3.8) is 0 Å². The summed E-state index contributed by atoms with van der Waals surface area (Å²) in [5.41, 5.74) is 0.980. The molecular weight excluding hydrogens is 439 g/mol. The van der Waals surface area contributed by atoms with Gasteiger partial charge in [0.25, 0.3) is 0 Å². The van der Waals surface area contributed by atoms with E-state index in [0.717, 1.165) is 22.2 Å². The number of carbonyl (C=O) groups is 1. The molecule has 28 heavy (non-hydrogen) atoms. The molecule has 1 aromatic heterocycles. The van der Waals surface area contributed by atoms with E-state index in [-0.39, 0.29) is 36.1 Å². The van der Waals surface area contributed by atoms with E-state index in [4.69, 9.17) is 4.42 Å². The van der Waals surface area contributed by atoms with Gasteiger partial charge >= 0.3 is 6.18 Å². The highest BCUT2D eigenvalue weighted by Gasteiger charge is 2.30. The number of amides is 1. The van der Waals surface area contributed by atoms with Crippen LogP contribution >= 0.6 is 15.9 Å². The van der Waals surface area contributed by atoms with Crippen molar-refractivity contribution in [2.75, 3.05) is 5.32 Å². The minimum Gasteiger partial charge on any atom is -0.421 e. The molecular formula is C19H15BrF3N3O2. The Morgan fingerprint density at radius 3 is 2.68 bits per heavy atom. The van der Waals surface area contributed by atoms with Gasteiger partial charge in [-0.25, -0.2) is 0 Å². The average Bonchev–Trinajstić information content (AvgIpc) is 3.11. The number of aromatic nitrogens is 2. The number of rotatable bonds is 5. The van der Waals surface area contributed by atoms with Crippen LogP contribution in [0.15, 0.2) is 51.4 Å². The molecule has 0 saturated heterocycles. The van der Waals surface area contributed by atoms with Crippen molar-refractivity contribution in [1.82, 2.24) is 10.2 Å². The summed E-state index contributed by atoms with van der Waals surface area (Å²) in [7, 11) is 0. The molecule has 0 aliphatic rings. The SMILES string of the molecule is Cc1cc(Br)ccc1NC(=O)CCc1nnc(-c2cccc(C(F)(F)F)c2)o1. The standard InChI is InChI=1S/C19H15BrF3N3O2/c1-11-9-14(20)5-6-15(11)24-16(27)7-8-17-25-26-18(28-17)12-3-2-4-13(10-12)19(21,22)23/h2-6,9-10H,7-8H2,1H3,(H,24,27). The highest BCUT2D eigenvalue weighted by atomic mass is 79.9. The van der Waals surface area contributed by atoms with Crippen molar-refractivity contribution in [2.24, 2.45) is 0 Å². The minimum absolute atomic E-state index is 0.0229. The van der Waals surface area contributed by atoms with Crippen LogP contribution in [0.4, 0.5) is 18.9 Å². The summed E-state index contributed by atoms with van der Waals surface area (Å²) in [6.45, 7) is 1.87. The van der Waals surface area contributed by atoms with Gasteiger partial charge in [0.1, 0.15) is 0 Å². The first-order chi connectivity index (χ1) is 13.2. The summed E-state index contributed by atoms with van der Waals surface area (Å²) in [5, 5.41) is 10.4. The number of nitrogens with zero attached hydrogens (tertiary/aromatic N) is 2. The normalized spacial score (nSPS) is 11.5. The molecule has 2 aromatic carbocycles. The van der Waals surface area contributed by atoms with Gasteiger partial charge in [-0.2, -0.15) is 13.2 Å². The fourth-order valence-corrected chi connectivity index (χ4v) is 2.98. The Kier molecular flexibility index (Phi) is 5.83. The number of benzene rings is 2. The third-order valence-electron chi connectivity index (χ3n) is 3.93. The summed E-state index contributed by atoms with van der Waals surface area (Å²) in [6.07, 6.45) is -4.19. The second-order valence-electron chi connectivity index (χ2n) is 6.09. The first-order valence-electron chi connectivity index (χ1n) is 8.28. The van der Waals surface area contributed by atoms with Crippen LogP contribution in [0, 0.1) is 6.92 Å². The number of nitrogens with one attached hydrogen (secondary N) is 1. The Morgan fingerprint density at radius 1 is 1.18 bits per heavy atom. The minimum atomic E-state index is -4.46. The molecule has 0 fully saturated rings. The molecule has 0 unspecified atom stereocenters. The lowest BCUT2D eigenvalue weighted by atomic mass is 10.1. The third-order valence-corrected chi connectivity index (χ3v) is 4.43. The molecule has 0 radical (unpaired) electrons. The van der Waals surface area contributed by atoms with Crippen LogP contribution in [-0.2, 0) is 17.4 Å². The summed E-state index contributed by atoms with van der Waals surface area (Å²) in [4.78, 5) is 12.1. The monoisotopic (exact) mass is 453 g/mol. The lowest BCUT2D eigenvalue weighted by molar-refractivity contribution is -0.137. The molecule has 0 aliphatic carbocycles. The van der Waals surface area contributed by atoms with E-state index in [0.29, 0.717) is 5.69 Å². The molecule has 0 aliphatic heterocycles. The Labute approximate surface area is 167 Å². The van der Waals surface area contributed by atoms with Gasteiger partial charge in [-0.3, -0.25) is 4.79 Å².